The fraction of sp³-hybridized carbons (Fsp3) is 0.930. The molecule has 6 heteroatoms. The van der Waals surface area contributed by atoms with Crippen molar-refractivity contribution in [2.45, 2.75) is 328 Å². The number of rotatable bonds is 53. The molecule has 1 amide bonds. The van der Waals surface area contributed by atoms with E-state index in [1.807, 2.05) is 0 Å². The van der Waals surface area contributed by atoms with Crippen molar-refractivity contribution in [3.63, 3.8) is 0 Å². The van der Waals surface area contributed by atoms with Crippen molar-refractivity contribution in [1.29, 1.82) is 0 Å². The molecule has 0 aliphatic carbocycles. The highest BCUT2D eigenvalue weighted by molar-refractivity contribution is 5.76. The smallest absolute Gasteiger partial charge is 0.305 e. The SMILES string of the molecule is CCCCCCCCCCCCCCC(=O)OCCCCCCCCCCCCCC/C=C\CCCCCCCCCCCC(=O)NC(CO)C(O)CCCCCCCCCCC. The minimum Gasteiger partial charge on any atom is -0.466 e. The van der Waals surface area contributed by atoms with Gasteiger partial charge in [0.2, 0.25) is 5.91 Å². The van der Waals surface area contributed by atoms with Gasteiger partial charge in [0.1, 0.15) is 0 Å². The number of aliphatic hydroxyl groups excluding tert-OH is 2. The van der Waals surface area contributed by atoms with Crippen LogP contribution in [0.5, 0.6) is 0 Å². The molecular weight excluding hydrogens is 779 g/mol. The van der Waals surface area contributed by atoms with E-state index in [4.69, 9.17) is 4.74 Å². The van der Waals surface area contributed by atoms with Gasteiger partial charge in [-0.05, 0) is 51.4 Å². The lowest BCUT2D eigenvalue weighted by molar-refractivity contribution is -0.143. The summed E-state index contributed by atoms with van der Waals surface area (Å²) in [4.78, 5) is 24.4. The predicted octanol–water partition coefficient (Wildman–Crippen LogP) is 17.3. The van der Waals surface area contributed by atoms with Crippen LogP contribution >= 0.6 is 0 Å². The number of allylic oxidation sites excluding steroid dienone is 2. The van der Waals surface area contributed by atoms with Gasteiger partial charge >= 0.3 is 5.97 Å². The third-order valence-corrected chi connectivity index (χ3v) is 13.3. The summed E-state index contributed by atoms with van der Waals surface area (Å²) < 4.78 is 5.47. The monoisotopic (exact) mass is 890 g/mol. The molecule has 0 aromatic carbocycles. The summed E-state index contributed by atoms with van der Waals surface area (Å²) in [5.41, 5.74) is 0. The molecule has 6 nitrogen and oxygen atoms in total. The van der Waals surface area contributed by atoms with Crippen LogP contribution in [0.4, 0.5) is 0 Å². The molecule has 0 aromatic rings. The number of nitrogens with one attached hydrogen (secondary N) is 1. The van der Waals surface area contributed by atoms with Gasteiger partial charge in [-0.1, -0.05) is 264 Å². The summed E-state index contributed by atoms with van der Waals surface area (Å²) in [5, 5.41) is 23.1. The standard InChI is InChI=1S/C57H111NO5/c1-3-5-7-9-11-13-14-31-35-39-43-47-51-57(62)63-52-48-44-40-36-32-29-27-25-23-21-19-17-15-16-18-20-22-24-26-28-30-34-38-42-46-50-56(61)58-54(53-59)55(60)49-45-41-37-33-12-10-8-6-4-2/h16,18,54-55,59-60H,3-15,17,19-53H2,1-2H3,(H,58,61)/b18-16-. The van der Waals surface area contributed by atoms with Gasteiger partial charge in [-0.15, -0.1) is 0 Å². The van der Waals surface area contributed by atoms with E-state index >= 15 is 0 Å². The van der Waals surface area contributed by atoms with E-state index in [-0.39, 0.29) is 18.5 Å². The molecule has 2 atom stereocenters. The van der Waals surface area contributed by atoms with Gasteiger partial charge in [-0.3, -0.25) is 9.59 Å². The second kappa shape index (κ2) is 53.2. The Morgan fingerprint density at radius 1 is 0.429 bits per heavy atom. The van der Waals surface area contributed by atoms with Crippen LogP contribution in [-0.4, -0.2) is 47.4 Å². The zero-order valence-electron chi connectivity index (χ0n) is 42.6. The Labute approximate surface area is 393 Å². The number of esters is 1. The molecular formula is C57H111NO5. The predicted molar refractivity (Wildman–Crippen MR) is 273 cm³/mol. The van der Waals surface area contributed by atoms with Crippen LogP contribution in [0.3, 0.4) is 0 Å². The first-order valence-corrected chi connectivity index (χ1v) is 28.4. The molecule has 0 fully saturated rings. The van der Waals surface area contributed by atoms with Gasteiger partial charge in [0.25, 0.3) is 0 Å². The van der Waals surface area contributed by atoms with Gasteiger partial charge in [-0.2, -0.15) is 0 Å². The summed E-state index contributed by atoms with van der Waals surface area (Å²) in [6, 6.07) is -0.540. The lowest BCUT2D eigenvalue weighted by atomic mass is 10.0. The third kappa shape index (κ3) is 49.9. The van der Waals surface area contributed by atoms with Crippen molar-refractivity contribution in [1.82, 2.24) is 5.32 Å². The maximum absolute atomic E-state index is 12.4. The molecule has 63 heavy (non-hydrogen) atoms. The number of ether oxygens (including phenoxy) is 1. The molecule has 0 radical (unpaired) electrons. The topological polar surface area (TPSA) is 95.9 Å². The molecule has 0 saturated carbocycles. The number of unbranched alkanes of at least 4 members (excludes halogenated alkanes) is 40. The van der Waals surface area contributed by atoms with Crippen LogP contribution in [0.15, 0.2) is 12.2 Å². The van der Waals surface area contributed by atoms with Crippen LogP contribution in [0.2, 0.25) is 0 Å². The molecule has 3 N–H and O–H groups in total. The lowest BCUT2D eigenvalue weighted by Crippen LogP contribution is -2.45. The average Bonchev–Trinajstić information content (AvgIpc) is 3.28. The first-order valence-electron chi connectivity index (χ1n) is 28.4. The van der Waals surface area contributed by atoms with E-state index in [1.54, 1.807) is 0 Å². The molecule has 0 aromatic heterocycles. The Kier molecular flexibility index (Phi) is 52.0. The number of amides is 1. The highest BCUT2D eigenvalue weighted by atomic mass is 16.5. The van der Waals surface area contributed by atoms with Gasteiger partial charge in [0, 0.05) is 12.8 Å². The van der Waals surface area contributed by atoms with Crippen molar-refractivity contribution in [3.05, 3.63) is 12.2 Å². The van der Waals surface area contributed by atoms with Crippen LogP contribution < -0.4 is 5.32 Å². The molecule has 0 saturated heterocycles. The highest BCUT2D eigenvalue weighted by Crippen LogP contribution is 2.17. The number of hydrogen-bond acceptors (Lipinski definition) is 5. The van der Waals surface area contributed by atoms with E-state index in [9.17, 15) is 19.8 Å². The van der Waals surface area contributed by atoms with E-state index in [1.165, 1.54) is 244 Å². The molecule has 374 valence electrons. The maximum Gasteiger partial charge on any atom is 0.305 e. The lowest BCUT2D eigenvalue weighted by Gasteiger charge is -2.22. The summed E-state index contributed by atoms with van der Waals surface area (Å²) in [6.07, 6.45) is 62.2. The second-order valence-electron chi connectivity index (χ2n) is 19.6. The average molecular weight is 891 g/mol. The first kappa shape index (κ1) is 61.6. The molecule has 0 rings (SSSR count). The Hall–Kier alpha value is -1.40. The van der Waals surface area contributed by atoms with Crippen molar-refractivity contribution in [2.75, 3.05) is 13.2 Å². The molecule has 0 aliphatic heterocycles. The van der Waals surface area contributed by atoms with Crippen molar-refractivity contribution in [2.24, 2.45) is 0 Å². The van der Waals surface area contributed by atoms with Gasteiger partial charge < -0.3 is 20.3 Å². The molecule has 2 unspecified atom stereocenters. The maximum atomic E-state index is 12.4. The fourth-order valence-electron chi connectivity index (χ4n) is 8.93. The molecule has 0 spiro atoms. The van der Waals surface area contributed by atoms with Crippen molar-refractivity contribution < 1.29 is 24.5 Å². The zero-order valence-corrected chi connectivity index (χ0v) is 42.6. The summed E-state index contributed by atoms with van der Waals surface area (Å²) in [7, 11) is 0. The van der Waals surface area contributed by atoms with Crippen molar-refractivity contribution in [3.8, 4) is 0 Å². The second-order valence-corrected chi connectivity index (χ2v) is 19.6. The zero-order chi connectivity index (χ0) is 45.8. The number of aliphatic hydroxyl groups is 2. The van der Waals surface area contributed by atoms with Crippen LogP contribution in [0, 0.1) is 0 Å². The van der Waals surface area contributed by atoms with E-state index in [0.717, 1.165) is 38.5 Å². The van der Waals surface area contributed by atoms with Crippen LogP contribution in [0.25, 0.3) is 0 Å². The summed E-state index contributed by atoms with van der Waals surface area (Å²) in [5.74, 6) is -0.0253. The van der Waals surface area contributed by atoms with E-state index in [0.29, 0.717) is 25.9 Å². The van der Waals surface area contributed by atoms with Gasteiger partial charge in [0.15, 0.2) is 0 Å². The largest absolute Gasteiger partial charge is 0.466 e. The Morgan fingerprint density at radius 3 is 1.13 bits per heavy atom. The minimum atomic E-state index is -0.663. The minimum absolute atomic E-state index is 0.0143. The molecule has 0 bridgehead atoms. The normalized spacial score (nSPS) is 12.6. The number of carbonyl (C=O) groups is 2. The summed E-state index contributed by atoms with van der Waals surface area (Å²) >= 11 is 0. The summed E-state index contributed by atoms with van der Waals surface area (Å²) in [6.45, 7) is 4.94. The van der Waals surface area contributed by atoms with Crippen LogP contribution in [0.1, 0.15) is 316 Å². The van der Waals surface area contributed by atoms with Crippen LogP contribution in [-0.2, 0) is 14.3 Å². The first-order chi connectivity index (χ1) is 31.0. The molecule has 0 heterocycles. The van der Waals surface area contributed by atoms with E-state index < -0.39 is 12.1 Å². The van der Waals surface area contributed by atoms with Gasteiger partial charge in [0.05, 0.1) is 25.4 Å². The van der Waals surface area contributed by atoms with Crippen molar-refractivity contribution >= 4 is 11.9 Å². The third-order valence-electron chi connectivity index (χ3n) is 13.3. The Balaban J connectivity index is 3.36. The number of carbonyl (C=O) groups excluding carboxylic acids is 2. The van der Waals surface area contributed by atoms with E-state index in [2.05, 4.69) is 31.3 Å². The highest BCUT2D eigenvalue weighted by Gasteiger charge is 2.20. The fourth-order valence-corrected chi connectivity index (χ4v) is 8.93. The molecule has 0 aliphatic rings. The number of hydrogen-bond donors (Lipinski definition) is 3. The quantitative estimate of drug-likeness (QED) is 0.0321. The Morgan fingerprint density at radius 2 is 0.746 bits per heavy atom. The Bertz CT molecular complexity index is 939. The van der Waals surface area contributed by atoms with Gasteiger partial charge in [-0.25, -0.2) is 0 Å².